The van der Waals surface area contributed by atoms with Crippen LogP contribution in [0, 0.1) is 0 Å². The number of hydrogen-bond donors (Lipinski definition) is 0. The summed E-state index contributed by atoms with van der Waals surface area (Å²) in [5.74, 6) is 0.707. The molecule has 0 bridgehead atoms. The van der Waals surface area contributed by atoms with Crippen molar-refractivity contribution in [1.29, 1.82) is 0 Å². The molecule has 0 aromatic heterocycles. The van der Waals surface area contributed by atoms with Crippen LogP contribution < -0.4 is 38.4 Å². The first kappa shape index (κ1) is 38.1. The van der Waals surface area contributed by atoms with E-state index >= 15 is 0 Å². The van der Waals surface area contributed by atoms with Crippen LogP contribution in [0.15, 0.2) is 30.3 Å². The third-order valence-electron chi connectivity index (χ3n) is 6.21. The minimum absolute atomic E-state index is 0. The van der Waals surface area contributed by atoms with Crippen LogP contribution in [0.4, 0.5) is 26.3 Å². The number of carbonyl (C=O) groups is 1. The summed E-state index contributed by atoms with van der Waals surface area (Å²) in [6.45, 7) is 6.98. The van der Waals surface area contributed by atoms with Crippen LogP contribution in [0.3, 0.4) is 0 Å². The van der Waals surface area contributed by atoms with Crippen molar-refractivity contribution in [2.75, 3.05) is 19.8 Å². The zero-order valence-electron chi connectivity index (χ0n) is 25.8. The van der Waals surface area contributed by atoms with Crippen LogP contribution in [0.5, 0.6) is 17.2 Å². The first-order valence-electron chi connectivity index (χ1n) is 14.1. The second-order valence-electron chi connectivity index (χ2n) is 9.64. The molecule has 0 aliphatic carbocycles. The van der Waals surface area contributed by atoms with E-state index in [4.69, 9.17) is 14.2 Å². The van der Waals surface area contributed by atoms with Gasteiger partial charge in [-0.1, -0.05) is 65.4 Å². The van der Waals surface area contributed by atoms with E-state index in [2.05, 4.69) is 6.92 Å². The second-order valence-corrected chi connectivity index (χ2v) is 10.8. The molecule has 232 valence electrons. The molecule has 0 spiro atoms. The number of unbranched alkanes of at least 4 members (excludes halogenated alkanes) is 6. The van der Waals surface area contributed by atoms with Crippen molar-refractivity contribution in [1.82, 2.24) is 0 Å². The molecule has 0 fully saturated rings. The summed E-state index contributed by atoms with van der Waals surface area (Å²) in [6, 6.07) is 4.70. The maximum Gasteiger partial charge on any atom is 1.00 e. The molecule has 0 saturated heterocycles. The molecule has 2 aromatic rings. The van der Waals surface area contributed by atoms with Gasteiger partial charge in [0.05, 0.1) is 36.3 Å². The topological polar surface area (TPSA) is 44.8 Å². The van der Waals surface area contributed by atoms with E-state index < -0.39 is 43.1 Å². The average Bonchev–Trinajstić information content (AvgIpc) is 2.91. The van der Waals surface area contributed by atoms with Crippen LogP contribution in [-0.4, -0.2) is 25.3 Å². The van der Waals surface area contributed by atoms with Crippen molar-refractivity contribution in [2.45, 2.75) is 90.9 Å². The van der Waals surface area contributed by atoms with Gasteiger partial charge in [-0.15, -0.1) is 0 Å². The molecular weight excluding hydrogens is 576 g/mol. The molecule has 0 saturated carbocycles. The van der Waals surface area contributed by atoms with E-state index in [9.17, 15) is 31.1 Å². The van der Waals surface area contributed by atoms with E-state index in [0.29, 0.717) is 43.4 Å². The van der Waals surface area contributed by atoms with Gasteiger partial charge in [-0.3, -0.25) is 4.79 Å². The summed E-state index contributed by atoms with van der Waals surface area (Å²) in [5.41, 5.74) is -5.97. The van der Waals surface area contributed by atoms with Gasteiger partial charge >= 0.3 is 31.2 Å². The third-order valence-corrected chi connectivity index (χ3v) is 7.43. The fraction of sp³-hybridized carbons (Fsp3) is 0.567. The summed E-state index contributed by atoms with van der Waals surface area (Å²) >= 11 is 0. The van der Waals surface area contributed by atoms with Gasteiger partial charge in [-0.2, -0.15) is 26.3 Å². The first-order valence-corrected chi connectivity index (χ1v) is 15.1. The fourth-order valence-corrected chi connectivity index (χ4v) is 5.21. The molecule has 12 heteroatoms. The zero-order valence-corrected chi connectivity index (χ0v) is 25.8. The van der Waals surface area contributed by atoms with Crippen LogP contribution in [0.2, 0.25) is 0 Å². The third kappa shape index (κ3) is 12.0. The molecule has 0 N–H and O–H groups in total. The van der Waals surface area contributed by atoms with Gasteiger partial charge in [0.25, 0.3) is 0 Å². The van der Waals surface area contributed by atoms with E-state index in [0.717, 1.165) is 44.9 Å². The molecule has 2 rings (SSSR count). The Bertz CT molecular complexity index is 1050. The van der Waals surface area contributed by atoms with E-state index in [1.165, 1.54) is 12.1 Å². The number of alkyl halides is 6. The van der Waals surface area contributed by atoms with Crippen LogP contribution in [0.25, 0.3) is 0 Å². The minimum Gasteiger partial charge on any atom is -1.00 e. The van der Waals surface area contributed by atoms with Gasteiger partial charge in [0.2, 0.25) is 0 Å². The molecule has 1 atom stereocenters. The Morgan fingerprint density at radius 3 is 1.50 bits per heavy atom. The predicted molar refractivity (Wildman–Crippen MR) is 151 cm³/mol. The van der Waals surface area contributed by atoms with Gasteiger partial charge < -0.3 is 15.6 Å². The summed E-state index contributed by atoms with van der Waals surface area (Å²) < 4.78 is 101. The Labute approximate surface area is 259 Å². The molecule has 4 nitrogen and oxygen atoms in total. The van der Waals surface area contributed by atoms with Crippen molar-refractivity contribution in [3.05, 3.63) is 47.0 Å². The molecule has 2 aromatic carbocycles. The summed E-state index contributed by atoms with van der Waals surface area (Å²) in [5, 5.41) is 0.119. The Balaban J connectivity index is 0.00000882. The van der Waals surface area contributed by atoms with E-state index in [-0.39, 0.29) is 50.3 Å². The molecule has 1 unspecified atom stereocenters. The number of benzene rings is 2. The molecule has 0 heterocycles. The van der Waals surface area contributed by atoms with Crippen molar-refractivity contribution in [3.8, 4) is 17.2 Å². The Morgan fingerprint density at radius 1 is 0.714 bits per heavy atom. The number of halogens is 6. The van der Waals surface area contributed by atoms with Gasteiger partial charge in [-0.05, 0) is 40.0 Å². The number of rotatable bonds is 18. The predicted octanol–water partition coefficient (Wildman–Crippen LogP) is 6.69. The molecule has 0 radical (unpaired) electrons. The Kier molecular flexibility index (Phi) is 17.0. The van der Waals surface area contributed by atoms with Crippen LogP contribution in [0.1, 0.15) is 101 Å². The molecule has 0 amide bonds. The molecular formula is C30H40F6LiO4P. The Morgan fingerprint density at radius 2 is 1.12 bits per heavy atom. The average molecular weight is 617 g/mol. The summed E-state index contributed by atoms with van der Waals surface area (Å²) in [4.78, 5) is 13.4. The van der Waals surface area contributed by atoms with Crippen LogP contribution in [-0.2, 0) is 12.4 Å². The van der Waals surface area contributed by atoms with E-state index in [1.54, 1.807) is 0 Å². The minimum atomic E-state index is -5.16. The monoisotopic (exact) mass is 616 g/mol. The van der Waals surface area contributed by atoms with Crippen LogP contribution >= 0.6 is 8.58 Å². The maximum atomic E-state index is 13.8. The quantitative estimate of drug-likeness (QED) is 0.0811. The standard InChI is InChI=1S/C30H39F6O4P.Li.H/c1-4-7-10-16-38-21-19-24(39-17-11-8-5-2)27(25(20-21)40-18-12-9-6-3)41-28(37)26-22(29(31,32)33)14-13-15-23(26)30(34,35)36;;/h13-15,19-20,41H,4-12,16-18H2,1-3H3;;/q;+1;-1. The van der Waals surface area contributed by atoms with Gasteiger partial charge in [-0.25, -0.2) is 0 Å². The summed E-state index contributed by atoms with van der Waals surface area (Å²) in [6.07, 6.45) is -2.68. The smallest absolute Gasteiger partial charge is 1.00 e. The van der Waals surface area contributed by atoms with Crippen molar-refractivity contribution >= 4 is 19.4 Å². The second kappa shape index (κ2) is 18.7. The first-order chi connectivity index (χ1) is 19.4. The Hall–Kier alpha value is -1.88. The SMILES string of the molecule is CCCCCOc1cc(OCCCCC)c(PC(=O)c2c(C(F)(F)F)cccc2C(F)(F)F)c(OCCCCC)c1.[H-].[Li+]. The van der Waals surface area contributed by atoms with Gasteiger partial charge in [0, 0.05) is 17.7 Å². The van der Waals surface area contributed by atoms with Crippen molar-refractivity contribution in [3.63, 3.8) is 0 Å². The van der Waals surface area contributed by atoms with Gasteiger partial charge in [0.15, 0.2) is 5.52 Å². The largest absolute Gasteiger partial charge is 1.00 e. The summed E-state index contributed by atoms with van der Waals surface area (Å²) in [7, 11) is -1.12. The van der Waals surface area contributed by atoms with Crippen molar-refractivity contribution in [2.24, 2.45) is 0 Å². The number of carbonyl (C=O) groups excluding carboxylic acids is 1. The molecule has 0 aliphatic heterocycles. The zero-order chi connectivity index (χ0) is 30.5. The van der Waals surface area contributed by atoms with E-state index in [1.807, 2.05) is 13.8 Å². The fourth-order valence-electron chi connectivity index (χ4n) is 4.06. The number of ether oxygens (including phenoxy) is 3. The maximum absolute atomic E-state index is 13.8. The number of hydrogen-bond acceptors (Lipinski definition) is 4. The van der Waals surface area contributed by atoms with Gasteiger partial charge in [0.1, 0.15) is 17.2 Å². The van der Waals surface area contributed by atoms with Crippen molar-refractivity contribution < 1.29 is 65.6 Å². The molecule has 0 aliphatic rings. The molecule has 42 heavy (non-hydrogen) atoms. The normalized spacial score (nSPS) is 11.9.